The number of rotatable bonds is 5. The van der Waals surface area contributed by atoms with Gasteiger partial charge in [0.1, 0.15) is 5.75 Å². The van der Waals surface area contributed by atoms with E-state index in [0.717, 1.165) is 23.4 Å². The minimum atomic E-state index is -0.0349. The zero-order valence-electron chi connectivity index (χ0n) is 14.3. The Bertz CT molecular complexity index is 479. The number of carbonyl (C=O) groups excluding carboxylic acids is 1. The van der Waals surface area contributed by atoms with Gasteiger partial charge in [-0.25, -0.2) is 0 Å². The minimum absolute atomic E-state index is 0.0349. The van der Waals surface area contributed by atoms with E-state index in [1.165, 1.54) is 10.5 Å². The lowest BCUT2D eigenvalue weighted by atomic mass is 10.0. The van der Waals surface area contributed by atoms with E-state index in [2.05, 4.69) is 38.2 Å². The maximum absolute atomic E-state index is 11.6. The molecule has 0 heterocycles. The van der Waals surface area contributed by atoms with E-state index >= 15 is 0 Å². The molecule has 118 valence electrons. The normalized spacial score (nSPS) is 11.4. The molecule has 1 aromatic carbocycles. The predicted octanol–water partition coefficient (Wildman–Crippen LogP) is 2.66. The smallest absolute Gasteiger partial charge is 0.259 e. The van der Waals surface area contributed by atoms with Crippen LogP contribution in [0.1, 0.15) is 37.5 Å². The molecular formula is C17H28N2O2. The van der Waals surface area contributed by atoms with Gasteiger partial charge in [-0.2, -0.15) is 0 Å². The van der Waals surface area contributed by atoms with E-state index in [-0.39, 0.29) is 18.1 Å². The third kappa shape index (κ3) is 5.76. The summed E-state index contributed by atoms with van der Waals surface area (Å²) in [5, 5.41) is 3.48. The van der Waals surface area contributed by atoms with Crippen molar-refractivity contribution >= 4 is 5.91 Å². The lowest BCUT2D eigenvalue weighted by Crippen LogP contribution is -2.35. The topological polar surface area (TPSA) is 41.6 Å². The quantitative estimate of drug-likeness (QED) is 0.907. The Balaban J connectivity index is 2.78. The Morgan fingerprint density at radius 2 is 1.71 bits per heavy atom. The zero-order chi connectivity index (χ0) is 16.2. The molecule has 0 unspecified atom stereocenters. The zero-order valence-corrected chi connectivity index (χ0v) is 14.3. The van der Waals surface area contributed by atoms with Crippen molar-refractivity contribution in [3.63, 3.8) is 0 Å². The van der Waals surface area contributed by atoms with Crippen molar-refractivity contribution < 1.29 is 9.53 Å². The van der Waals surface area contributed by atoms with Crippen molar-refractivity contribution in [2.45, 2.75) is 46.7 Å². The minimum Gasteiger partial charge on any atom is -0.483 e. The number of likely N-dealkylation sites (N-methyl/N-ethyl adjacent to an activating group) is 1. The molecule has 1 aromatic rings. The molecule has 1 N–H and O–H groups in total. The van der Waals surface area contributed by atoms with Crippen LogP contribution in [0.5, 0.6) is 5.75 Å². The molecule has 0 bridgehead atoms. The number of hydrogen-bond acceptors (Lipinski definition) is 3. The summed E-state index contributed by atoms with van der Waals surface area (Å²) in [6.07, 6.45) is 0. The maximum Gasteiger partial charge on any atom is 0.259 e. The number of aryl methyl sites for hydroxylation is 2. The molecule has 0 saturated heterocycles. The number of ether oxygens (including phenoxy) is 1. The van der Waals surface area contributed by atoms with Gasteiger partial charge in [-0.05, 0) is 51.3 Å². The highest BCUT2D eigenvalue weighted by atomic mass is 16.5. The molecule has 0 fully saturated rings. The van der Waals surface area contributed by atoms with Crippen LogP contribution in [0.25, 0.3) is 0 Å². The predicted molar refractivity (Wildman–Crippen MR) is 86.7 cm³/mol. The van der Waals surface area contributed by atoms with Gasteiger partial charge in [-0.1, -0.05) is 12.1 Å². The van der Waals surface area contributed by atoms with E-state index in [4.69, 9.17) is 4.74 Å². The van der Waals surface area contributed by atoms with Crippen molar-refractivity contribution in [3.8, 4) is 5.75 Å². The highest BCUT2D eigenvalue weighted by molar-refractivity contribution is 5.77. The fraction of sp³-hybridized carbons (Fsp3) is 0.588. The Kier molecular flexibility index (Phi) is 5.78. The van der Waals surface area contributed by atoms with E-state index in [1.54, 1.807) is 14.1 Å². The summed E-state index contributed by atoms with van der Waals surface area (Å²) in [4.78, 5) is 13.1. The number of nitrogens with zero attached hydrogens (tertiary/aromatic N) is 1. The molecule has 0 atom stereocenters. The van der Waals surface area contributed by atoms with Crippen LogP contribution in [-0.4, -0.2) is 37.0 Å². The van der Waals surface area contributed by atoms with Crippen LogP contribution in [0.2, 0.25) is 0 Å². The van der Waals surface area contributed by atoms with Crippen LogP contribution in [0.15, 0.2) is 12.1 Å². The van der Waals surface area contributed by atoms with Crippen LogP contribution in [0, 0.1) is 13.8 Å². The van der Waals surface area contributed by atoms with Gasteiger partial charge < -0.3 is 15.0 Å². The van der Waals surface area contributed by atoms with Crippen molar-refractivity contribution in [2.75, 3.05) is 20.7 Å². The highest BCUT2D eigenvalue weighted by Gasteiger charge is 2.12. The number of carbonyl (C=O) groups is 1. The summed E-state index contributed by atoms with van der Waals surface area (Å²) in [7, 11) is 3.46. The van der Waals surface area contributed by atoms with Crippen molar-refractivity contribution in [1.82, 2.24) is 10.2 Å². The third-order valence-electron chi connectivity index (χ3n) is 3.18. The van der Waals surface area contributed by atoms with Gasteiger partial charge in [0.05, 0.1) is 0 Å². The highest BCUT2D eigenvalue weighted by Crippen LogP contribution is 2.25. The van der Waals surface area contributed by atoms with Crippen LogP contribution < -0.4 is 10.1 Å². The monoisotopic (exact) mass is 292 g/mol. The second-order valence-electron chi connectivity index (χ2n) is 6.74. The molecular weight excluding hydrogens is 264 g/mol. The molecule has 0 aliphatic rings. The molecule has 1 rings (SSSR count). The van der Waals surface area contributed by atoms with Gasteiger partial charge in [0.25, 0.3) is 5.91 Å². The first-order valence-electron chi connectivity index (χ1n) is 7.28. The Labute approximate surface area is 128 Å². The summed E-state index contributed by atoms with van der Waals surface area (Å²) < 4.78 is 5.68. The molecule has 4 nitrogen and oxygen atoms in total. The molecule has 0 aliphatic heterocycles. The van der Waals surface area contributed by atoms with Crippen LogP contribution in [0.3, 0.4) is 0 Å². The summed E-state index contributed by atoms with van der Waals surface area (Å²) in [6, 6.07) is 4.22. The van der Waals surface area contributed by atoms with Crippen LogP contribution in [-0.2, 0) is 11.3 Å². The SMILES string of the molecule is Cc1cc(CNC(C)(C)C)cc(C)c1OCC(=O)N(C)C. The van der Waals surface area contributed by atoms with Crippen molar-refractivity contribution in [1.29, 1.82) is 0 Å². The molecule has 0 saturated carbocycles. The van der Waals surface area contributed by atoms with Gasteiger partial charge in [0.15, 0.2) is 6.61 Å². The average molecular weight is 292 g/mol. The first-order chi connectivity index (χ1) is 9.60. The van der Waals surface area contributed by atoms with Crippen molar-refractivity contribution in [2.24, 2.45) is 0 Å². The van der Waals surface area contributed by atoms with E-state index in [1.807, 2.05) is 13.8 Å². The van der Waals surface area contributed by atoms with Gasteiger partial charge >= 0.3 is 0 Å². The Morgan fingerprint density at radius 3 is 2.14 bits per heavy atom. The standard InChI is InChI=1S/C17H28N2O2/c1-12-8-14(10-18-17(3,4)5)9-13(2)16(12)21-11-15(20)19(6)7/h8-9,18H,10-11H2,1-7H3. The molecule has 1 amide bonds. The summed E-state index contributed by atoms with van der Waals surface area (Å²) in [5.41, 5.74) is 3.44. The molecule has 0 spiro atoms. The number of nitrogens with one attached hydrogen (secondary N) is 1. The molecule has 0 aliphatic carbocycles. The molecule has 0 aromatic heterocycles. The number of hydrogen-bond donors (Lipinski definition) is 1. The second-order valence-corrected chi connectivity index (χ2v) is 6.74. The van der Waals surface area contributed by atoms with Gasteiger partial charge in [-0.3, -0.25) is 4.79 Å². The average Bonchev–Trinajstić information content (AvgIpc) is 2.34. The van der Waals surface area contributed by atoms with Gasteiger partial charge in [0.2, 0.25) is 0 Å². The Hall–Kier alpha value is -1.55. The number of amides is 1. The lowest BCUT2D eigenvalue weighted by molar-refractivity contribution is -0.130. The first kappa shape index (κ1) is 17.5. The summed E-state index contributed by atoms with van der Waals surface area (Å²) in [6.45, 7) is 11.4. The number of benzene rings is 1. The lowest BCUT2D eigenvalue weighted by Gasteiger charge is -2.21. The van der Waals surface area contributed by atoms with E-state index in [9.17, 15) is 4.79 Å². The van der Waals surface area contributed by atoms with Gasteiger partial charge in [-0.15, -0.1) is 0 Å². The van der Waals surface area contributed by atoms with Gasteiger partial charge in [0, 0.05) is 26.2 Å². The molecule has 21 heavy (non-hydrogen) atoms. The second kappa shape index (κ2) is 6.94. The third-order valence-corrected chi connectivity index (χ3v) is 3.18. The summed E-state index contributed by atoms with van der Waals surface area (Å²) >= 11 is 0. The van der Waals surface area contributed by atoms with Crippen LogP contribution in [0.4, 0.5) is 0 Å². The Morgan fingerprint density at radius 1 is 1.19 bits per heavy atom. The van der Waals surface area contributed by atoms with E-state index < -0.39 is 0 Å². The fourth-order valence-corrected chi connectivity index (χ4v) is 2.00. The van der Waals surface area contributed by atoms with Crippen LogP contribution >= 0.6 is 0 Å². The molecule has 0 radical (unpaired) electrons. The van der Waals surface area contributed by atoms with E-state index in [0.29, 0.717) is 0 Å². The fourth-order valence-electron chi connectivity index (χ4n) is 2.00. The van der Waals surface area contributed by atoms with Crippen molar-refractivity contribution in [3.05, 3.63) is 28.8 Å². The first-order valence-corrected chi connectivity index (χ1v) is 7.28. The molecule has 4 heteroatoms. The largest absolute Gasteiger partial charge is 0.483 e. The maximum atomic E-state index is 11.6. The summed E-state index contributed by atoms with van der Waals surface area (Å²) in [5.74, 6) is 0.775.